The van der Waals surface area contributed by atoms with Crippen LogP contribution >= 0.6 is 0 Å². The summed E-state index contributed by atoms with van der Waals surface area (Å²) in [5.74, 6) is 0. The summed E-state index contributed by atoms with van der Waals surface area (Å²) in [6.07, 6.45) is 2.67. The Hall–Kier alpha value is -2.04. The Morgan fingerprint density at radius 1 is 1.06 bits per heavy atom. The van der Waals surface area contributed by atoms with Gasteiger partial charge in [-0.15, -0.1) is 0 Å². The Kier molecular flexibility index (Phi) is 2.66. The van der Waals surface area contributed by atoms with Crippen LogP contribution in [-0.2, 0) is 4.74 Å². The number of anilines is 1. The lowest BCUT2D eigenvalue weighted by atomic mass is 10.1. The van der Waals surface area contributed by atoms with Crippen molar-refractivity contribution in [1.29, 1.82) is 10.5 Å². The van der Waals surface area contributed by atoms with Crippen LogP contribution in [0, 0.1) is 22.7 Å². The molecule has 0 aromatic heterocycles. The van der Waals surface area contributed by atoms with Crippen molar-refractivity contribution in [3.05, 3.63) is 29.3 Å². The average Bonchev–Trinajstić information content (AvgIpc) is 2.76. The number of ether oxygens (including phenoxy) is 1. The molecule has 2 bridgehead atoms. The highest BCUT2D eigenvalue weighted by molar-refractivity contribution is 5.68. The fourth-order valence-corrected chi connectivity index (χ4v) is 2.86. The first-order valence-corrected chi connectivity index (χ1v) is 6.15. The van der Waals surface area contributed by atoms with Crippen LogP contribution in [0.1, 0.15) is 24.0 Å². The Bertz CT molecular complexity index is 511. The molecular weight excluding hydrogens is 226 g/mol. The second-order valence-electron chi connectivity index (χ2n) is 4.79. The van der Waals surface area contributed by atoms with E-state index in [1.165, 1.54) is 0 Å². The van der Waals surface area contributed by atoms with Gasteiger partial charge in [0.05, 0.1) is 29.0 Å². The van der Waals surface area contributed by atoms with Gasteiger partial charge in [0.1, 0.15) is 12.1 Å². The van der Waals surface area contributed by atoms with Crippen molar-refractivity contribution >= 4 is 5.69 Å². The van der Waals surface area contributed by atoms with Gasteiger partial charge in [-0.3, -0.25) is 0 Å². The lowest BCUT2D eigenvalue weighted by Gasteiger charge is -2.34. The number of para-hydroxylation sites is 1. The molecule has 1 aromatic rings. The minimum atomic E-state index is 0.252. The van der Waals surface area contributed by atoms with E-state index in [1.807, 2.05) is 0 Å². The van der Waals surface area contributed by atoms with E-state index < -0.39 is 0 Å². The molecule has 0 N–H and O–H groups in total. The van der Waals surface area contributed by atoms with Gasteiger partial charge < -0.3 is 9.64 Å². The third-order valence-electron chi connectivity index (χ3n) is 3.64. The van der Waals surface area contributed by atoms with E-state index in [4.69, 9.17) is 4.74 Å². The second kappa shape index (κ2) is 4.33. The van der Waals surface area contributed by atoms with Gasteiger partial charge in [0.2, 0.25) is 0 Å². The van der Waals surface area contributed by atoms with E-state index in [1.54, 1.807) is 18.2 Å². The van der Waals surface area contributed by atoms with Gasteiger partial charge in [-0.1, -0.05) is 6.07 Å². The minimum absolute atomic E-state index is 0.252. The number of nitriles is 2. The molecule has 3 rings (SSSR count). The van der Waals surface area contributed by atoms with Crippen LogP contribution in [0.5, 0.6) is 0 Å². The predicted octanol–water partition coefficient (Wildman–Crippen LogP) is 1.80. The van der Waals surface area contributed by atoms with Gasteiger partial charge in [0.15, 0.2) is 0 Å². The third-order valence-corrected chi connectivity index (χ3v) is 3.64. The van der Waals surface area contributed by atoms with Crippen molar-refractivity contribution in [2.75, 3.05) is 18.0 Å². The molecular formula is C14H13N3O. The molecule has 2 fully saturated rings. The smallest absolute Gasteiger partial charge is 0.101 e. The van der Waals surface area contributed by atoms with Crippen LogP contribution in [0.25, 0.3) is 0 Å². The quantitative estimate of drug-likeness (QED) is 0.749. The lowest BCUT2D eigenvalue weighted by Crippen LogP contribution is -2.43. The van der Waals surface area contributed by atoms with Crippen LogP contribution in [0.4, 0.5) is 5.69 Å². The van der Waals surface area contributed by atoms with E-state index in [9.17, 15) is 10.5 Å². The first kappa shape index (κ1) is 11.1. The number of benzene rings is 1. The van der Waals surface area contributed by atoms with Crippen LogP contribution in [0.3, 0.4) is 0 Å². The van der Waals surface area contributed by atoms with Crippen LogP contribution in [0.2, 0.25) is 0 Å². The summed E-state index contributed by atoms with van der Waals surface area (Å²) < 4.78 is 5.79. The Labute approximate surface area is 106 Å². The van der Waals surface area contributed by atoms with Crippen molar-refractivity contribution in [2.24, 2.45) is 0 Å². The maximum atomic E-state index is 9.20. The standard InChI is InChI=1S/C14H13N3O/c15-6-10-2-1-3-11(7-16)14(10)17-8-12-4-5-13(9-17)18-12/h1-3,12-13H,4-5,8-9H2. The molecule has 2 atom stereocenters. The molecule has 90 valence electrons. The highest BCUT2D eigenvalue weighted by atomic mass is 16.5. The van der Waals surface area contributed by atoms with Crippen LogP contribution < -0.4 is 4.90 Å². The van der Waals surface area contributed by atoms with Gasteiger partial charge >= 0.3 is 0 Å². The third kappa shape index (κ3) is 1.72. The summed E-state index contributed by atoms with van der Waals surface area (Å²) in [7, 11) is 0. The van der Waals surface area contributed by atoms with Crippen molar-refractivity contribution in [2.45, 2.75) is 25.0 Å². The summed E-state index contributed by atoms with van der Waals surface area (Å²) in [5, 5.41) is 18.4. The molecule has 1 aromatic carbocycles. The largest absolute Gasteiger partial charge is 0.371 e. The summed E-state index contributed by atoms with van der Waals surface area (Å²) in [5.41, 5.74) is 1.94. The topological polar surface area (TPSA) is 60.0 Å². The summed E-state index contributed by atoms with van der Waals surface area (Å²) in [4.78, 5) is 2.14. The number of rotatable bonds is 1. The van der Waals surface area contributed by atoms with E-state index in [0.717, 1.165) is 31.6 Å². The molecule has 2 saturated heterocycles. The number of morpholine rings is 1. The van der Waals surface area contributed by atoms with Gasteiger partial charge in [0.25, 0.3) is 0 Å². The zero-order valence-corrected chi connectivity index (χ0v) is 9.97. The molecule has 2 aliphatic rings. The first-order valence-electron chi connectivity index (χ1n) is 6.15. The Morgan fingerprint density at radius 2 is 1.61 bits per heavy atom. The van der Waals surface area contributed by atoms with Crippen molar-refractivity contribution in [1.82, 2.24) is 0 Å². The predicted molar refractivity (Wildman–Crippen MR) is 66.0 cm³/mol. The molecule has 0 spiro atoms. The molecule has 4 nitrogen and oxygen atoms in total. The first-order chi connectivity index (χ1) is 8.81. The normalized spacial score (nSPS) is 25.6. The summed E-state index contributed by atoms with van der Waals surface area (Å²) in [6, 6.07) is 9.67. The van der Waals surface area contributed by atoms with Gasteiger partial charge in [0, 0.05) is 13.1 Å². The molecule has 4 heteroatoms. The molecule has 0 radical (unpaired) electrons. The number of hydrogen-bond donors (Lipinski definition) is 0. The highest BCUT2D eigenvalue weighted by Gasteiger charge is 2.35. The van der Waals surface area contributed by atoms with E-state index in [2.05, 4.69) is 17.0 Å². The Morgan fingerprint density at radius 3 is 2.11 bits per heavy atom. The molecule has 0 aliphatic carbocycles. The van der Waals surface area contributed by atoms with Crippen molar-refractivity contribution in [3.63, 3.8) is 0 Å². The van der Waals surface area contributed by atoms with Crippen molar-refractivity contribution < 1.29 is 4.74 Å². The zero-order chi connectivity index (χ0) is 12.5. The number of hydrogen-bond acceptors (Lipinski definition) is 4. The zero-order valence-electron chi connectivity index (χ0n) is 9.97. The molecule has 0 saturated carbocycles. The minimum Gasteiger partial charge on any atom is -0.371 e. The number of fused-ring (bicyclic) bond motifs is 2. The maximum absolute atomic E-state index is 9.20. The van der Waals surface area contributed by atoms with Gasteiger partial charge in [-0.2, -0.15) is 10.5 Å². The molecule has 0 amide bonds. The Balaban J connectivity index is 2.01. The average molecular weight is 239 g/mol. The number of nitrogens with zero attached hydrogens (tertiary/aromatic N) is 3. The van der Waals surface area contributed by atoms with Gasteiger partial charge in [-0.05, 0) is 25.0 Å². The van der Waals surface area contributed by atoms with Gasteiger partial charge in [-0.25, -0.2) is 0 Å². The fourth-order valence-electron chi connectivity index (χ4n) is 2.86. The summed E-state index contributed by atoms with van der Waals surface area (Å²) >= 11 is 0. The molecule has 2 heterocycles. The van der Waals surface area contributed by atoms with E-state index in [-0.39, 0.29) is 12.2 Å². The second-order valence-corrected chi connectivity index (χ2v) is 4.79. The highest BCUT2D eigenvalue weighted by Crippen LogP contribution is 2.33. The molecule has 2 aliphatic heterocycles. The lowest BCUT2D eigenvalue weighted by molar-refractivity contribution is 0.0304. The monoisotopic (exact) mass is 239 g/mol. The van der Waals surface area contributed by atoms with E-state index >= 15 is 0 Å². The van der Waals surface area contributed by atoms with Crippen LogP contribution in [-0.4, -0.2) is 25.3 Å². The summed E-state index contributed by atoms with van der Waals surface area (Å²) in [6.45, 7) is 1.56. The maximum Gasteiger partial charge on any atom is 0.101 e. The van der Waals surface area contributed by atoms with Crippen molar-refractivity contribution in [3.8, 4) is 12.1 Å². The fraction of sp³-hybridized carbons (Fsp3) is 0.429. The SMILES string of the molecule is N#Cc1cccc(C#N)c1N1CC2CCC(C1)O2. The molecule has 2 unspecified atom stereocenters. The molecule has 18 heavy (non-hydrogen) atoms. The van der Waals surface area contributed by atoms with Crippen LogP contribution in [0.15, 0.2) is 18.2 Å². The van der Waals surface area contributed by atoms with E-state index in [0.29, 0.717) is 11.1 Å².